The summed E-state index contributed by atoms with van der Waals surface area (Å²) in [6, 6.07) is 8.92. The summed E-state index contributed by atoms with van der Waals surface area (Å²) in [4.78, 5) is 20.3. The molecule has 7 nitrogen and oxygen atoms in total. The van der Waals surface area contributed by atoms with E-state index in [1.54, 1.807) is 30.6 Å². The van der Waals surface area contributed by atoms with Gasteiger partial charge in [0.15, 0.2) is 0 Å². The second kappa shape index (κ2) is 5.58. The topological polar surface area (TPSA) is 81.4 Å². The molecular weight excluding hydrogens is 270 g/mol. The first kappa shape index (κ1) is 13.0. The molecular formula is C14H13N5O2. The van der Waals surface area contributed by atoms with Crippen LogP contribution in [-0.2, 0) is 0 Å². The lowest BCUT2D eigenvalue weighted by atomic mass is 10.3. The predicted octanol–water partition coefficient (Wildman–Crippen LogP) is 1.78. The first-order chi connectivity index (χ1) is 10.3. The Morgan fingerprint density at radius 3 is 3.00 bits per heavy atom. The molecule has 2 heterocycles. The Balaban J connectivity index is 1.86. The molecule has 3 rings (SSSR count). The molecule has 3 aromatic rings. The fourth-order valence-corrected chi connectivity index (χ4v) is 1.86. The van der Waals surface area contributed by atoms with Crippen molar-refractivity contribution in [2.24, 2.45) is 0 Å². The number of anilines is 1. The lowest BCUT2D eigenvalue weighted by molar-refractivity contribution is 0.101. The second-order valence-electron chi connectivity index (χ2n) is 4.18. The average Bonchev–Trinajstić information content (AvgIpc) is 2.93. The molecule has 0 unspecified atom stereocenters. The van der Waals surface area contributed by atoms with Crippen LogP contribution in [0.25, 0.3) is 5.78 Å². The second-order valence-corrected chi connectivity index (χ2v) is 4.18. The van der Waals surface area contributed by atoms with Crippen molar-refractivity contribution >= 4 is 17.4 Å². The Labute approximate surface area is 120 Å². The number of aromatic nitrogens is 4. The van der Waals surface area contributed by atoms with Crippen LogP contribution >= 0.6 is 0 Å². The van der Waals surface area contributed by atoms with Gasteiger partial charge in [-0.1, -0.05) is 12.1 Å². The van der Waals surface area contributed by atoms with Gasteiger partial charge in [-0.15, -0.1) is 5.10 Å². The largest absolute Gasteiger partial charge is 0.492 e. The number of hydrogen-bond donors (Lipinski definition) is 1. The van der Waals surface area contributed by atoms with E-state index in [-0.39, 0.29) is 5.82 Å². The minimum Gasteiger partial charge on any atom is -0.492 e. The summed E-state index contributed by atoms with van der Waals surface area (Å²) < 4.78 is 6.91. The number of nitrogens with zero attached hydrogens (tertiary/aromatic N) is 4. The normalized spacial score (nSPS) is 10.5. The van der Waals surface area contributed by atoms with Crippen LogP contribution in [0.15, 0.2) is 42.7 Å². The van der Waals surface area contributed by atoms with E-state index in [1.807, 2.05) is 19.1 Å². The number of carbonyl (C=O) groups is 1. The molecule has 1 aromatic carbocycles. The number of ether oxygens (including phenoxy) is 1. The molecule has 0 radical (unpaired) electrons. The first-order valence-electron chi connectivity index (χ1n) is 6.48. The molecule has 0 saturated heterocycles. The monoisotopic (exact) mass is 283 g/mol. The number of benzene rings is 1. The Morgan fingerprint density at radius 2 is 2.19 bits per heavy atom. The van der Waals surface area contributed by atoms with Gasteiger partial charge in [0.1, 0.15) is 5.75 Å². The zero-order chi connectivity index (χ0) is 14.7. The van der Waals surface area contributed by atoms with E-state index in [2.05, 4.69) is 20.4 Å². The molecule has 0 fully saturated rings. The third-order valence-corrected chi connectivity index (χ3v) is 2.75. The van der Waals surface area contributed by atoms with E-state index in [0.29, 0.717) is 23.8 Å². The molecule has 0 aliphatic rings. The van der Waals surface area contributed by atoms with Crippen LogP contribution in [-0.4, -0.2) is 32.1 Å². The van der Waals surface area contributed by atoms with Crippen LogP contribution in [0.3, 0.4) is 0 Å². The highest BCUT2D eigenvalue weighted by molar-refractivity contribution is 6.02. The molecule has 2 aromatic heterocycles. The van der Waals surface area contributed by atoms with Crippen molar-refractivity contribution in [1.29, 1.82) is 0 Å². The smallest absolute Gasteiger partial charge is 0.295 e. The van der Waals surface area contributed by atoms with Crippen molar-refractivity contribution in [2.75, 3.05) is 11.9 Å². The lowest BCUT2D eigenvalue weighted by Crippen LogP contribution is -2.14. The highest BCUT2D eigenvalue weighted by atomic mass is 16.5. The molecule has 1 N–H and O–H groups in total. The summed E-state index contributed by atoms with van der Waals surface area (Å²) in [5, 5.41) is 6.82. The number of carbonyl (C=O) groups excluding carboxylic acids is 1. The van der Waals surface area contributed by atoms with Crippen molar-refractivity contribution in [2.45, 2.75) is 6.92 Å². The van der Waals surface area contributed by atoms with Gasteiger partial charge >= 0.3 is 0 Å². The molecule has 106 valence electrons. The summed E-state index contributed by atoms with van der Waals surface area (Å²) in [5.74, 6) is 0.628. The van der Waals surface area contributed by atoms with E-state index in [9.17, 15) is 4.79 Å². The maximum atomic E-state index is 12.2. The van der Waals surface area contributed by atoms with E-state index in [0.717, 1.165) is 0 Å². The van der Waals surface area contributed by atoms with Gasteiger partial charge in [-0.3, -0.25) is 4.79 Å². The maximum absolute atomic E-state index is 12.2. The summed E-state index contributed by atoms with van der Waals surface area (Å²) in [7, 11) is 0. The molecule has 0 bridgehead atoms. The van der Waals surface area contributed by atoms with E-state index in [4.69, 9.17) is 4.74 Å². The number of hydrogen-bond acceptors (Lipinski definition) is 5. The van der Waals surface area contributed by atoms with E-state index in [1.165, 1.54) is 4.52 Å². The molecule has 0 saturated carbocycles. The minimum absolute atomic E-state index is 0.0556. The van der Waals surface area contributed by atoms with Crippen LogP contribution in [0, 0.1) is 0 Å². The van der Waals surface area contributed by atoms with Gasteiger partial charge in [0.25, 0.3) is 11.7 Å². The zero-order valence-corrected chi connectivity index (χ0v) is 11.4. The number of amides is 1. The van der Waals surface area contributed by atoms with Gasteiger partial charge in [0.05, 0.1) is 12.3 Å². The van der Waals surface area contributed by atoms with Gasteiger partial charge in [-0.25, -0.2) is 9.50 Å². The van der Waals surface area contributed by atoms with Crippen molar-refractivity contribution in [3.05, 3.63) is 48.5 Å². The third kappa shape index (κ3) is 2.66. The molecule has 7 heteroatoms. The lowest BCUT2D eigenvalue weighted by Gasteiger charge is -2.09. The molecule has 21 heavy (non-hydrogen) atoms. The van der Waals surface area contributed by atoms with Crippen molar-refractivity contribution in [1.82, 2.24) is 19.6 Å². The third-order valence-electron chi connectivity index (χ3n) is 2.75. The van der Waals surface area contributed by atoms with Crippen LogP contribution in [0.4, 0.5) is 5.69 Å². The Kier molecular flexibility index (Phi) is 3.46. The summed E-state index contributed by atoms with van der Waals surface area (Å²) in [6.07, 6.45) is 3.27. The van der Waals surface area contributed by atoms with Gasteiger partial charge in [-0.2, -0.15) is 4.98 Å². The summed E-state index contributed by atoms with van der Waals surface area (Å²) >= 11 is 0. The number of para-hydroxylation sites is 2. The highest BCUT2D eigenvalue weighted by Gasteiger charge is 2.15. The van der Waals surface area contributed by atoms with Crippen molar-refractivity contribution in [3.8, 4) is 5.75 Å². The van der Waals surface area contributed by atoms with E-state index >= 15 is 0 Å². The van der Waals surface area contributed by atoms with Gasteiger partial charge in [-0.05, 0) is 25.1 Å². The Hall–Kier alpha value is -2.96. The summed E-state index contributed by atoms with van der Waals surface area (Å²) in [6.45, 7) is 2.40. The van der Waals surface area contributed by atoms with Crippen LogP contribution in [0.5, 0.6) is 5.75 Å². The SMILES string of the molecule is CCOc1ccccc1NC(=O)c1nc2ncccn2n1. The first-order valence-corrected chi connectivity index (χ1v) is 6.48. The molecule has 0 atom stereocenters. The van der Waals surface area contributed by atoms with Crippen molar-refractivity contribution < 1.29 is 9.53 Å². The highest BCUT2D eigenvalue weighted by Crippen LogP contribution is 2.23. The van der Waals surface area contributed by atoms with Crippen LogP contribution in [0.1, 0.15) is 17.5 Å². The zero-order valence-electron chi connectivity index (χ0n) is 11.4. The molecule has 0 aliphatic carbocycles. The number of nitrogens with one attached hydrogen (secondary N) is 1. The molecule has 1 amide bonds. The fraction of sp³-hybridized carbons (Fsp3) is 0.143. The molecule has 0 spiro atoms. The number of rotatable bonds is 4. The van der Waals surface area contributed by atoms with E-state index < -0.39 is 5.91 Å². The quantitative estimate of drug-likeness (QED) is 0.789. The van der Waals surface area contributed by atoms with Crippen molar-refractivity contribution in [3.63, 3.8) is 0 Å². The van der Waals surface area contributed by atoms with Gasteiger partial charge < -0.3 is 10.1 Å². The average molecular weight is 283 g/mol. The Morgan fingerprint density at radius 1 is 1.33 bits per heavy atom. The molecule has 0 aliphatic heterocycles. The van der Waals surface area contributed by atoms with Crippen LogP contribution in [0.2, 0.25) is 0 Å². The Bertz CT molecular complexity index is 751. The standard InChI is InChI=1S/C14H13N5O2/c1-2-21-11-7-4-3-6-10(11)16-13(20)12-17-14-15-8-5-9-19(14)18-12/h3-9H,2H2,1H3,(H,16,20). The minimum atomic E-state index is -0.410. The fourth-order valence-electron chi connectivity index (χ4n) is 1.86. The maximum Gasteiger partial charge on any atom is 0.295 e. The summed E-state index contributed by atoms with van der Waals surface area (Å²) in [5.41, 5.74) is 0.580. The predicted molar refractivity (Wildman–Crippen MR) is 76.3 cm³/mol. The van der Waals surface area contributed by atoms with Gasteiger partial charge in [0.2, 0.25) is 5.82 Å². The number of fused-ring (bicyclic) bond motifs is 1. The van der Waals surface area contributed by atoms with Crippen LogP contribution < -0.4 is 10.1 Å². The van der Waals surface area contributed by atoms with Gasteiger partial charge in [0, 0.05) is 12.4 Å².